The van der Waals surface area contributed by atoms with Gasteiger partial charge in [0.15, 0.2) is 0 Å². The Labute approximate surface area is 139 Å². The van der Waals surface area contributed by atoms with Crippen molar-refractivity contribution >= 4 is 47.0 Å². The van der Waals surface area contributed by atoms with Gasteiger partial charge in [0, 0.05) is 0 Å². The summed E-state index contributed by atoms with van der Waals surface area (Å²) in [7, 11) is 0. The Kier molecular flexibility index (Phi) is 6.61. The molecule has 0 saturated carbocycles. The smallest absolute Gasteiger partial charge is 0.333 e. The van der Waals surface area contributed by atoms with Crippen molar-refractivity contribution in [3.8, 4) is 0 Å². The summed E-state index contributed by atoms with van der Waals surface area (Å²) in [6.45, 7) is 3.82. The summed E-state index contributed by atoms with van der Waals surface area (Å²) >= 11 is 6.43. The van der Waals surface area contributed by atoms with Gasteiger partial charge in [-0.1, -0.05) is 20.3 Å². The molecule has 2 unspecified atom stereocenters. The third-order valence-electron chi connectivity index (χ3n) is 3.82. The predicted octanol–water partition coefficient (Wildman–Crippen LogP) is 1.42. The maximum absolute atomic E-state index is 12.9. The first-order valence-electron chi connectivity index (χ1n) is 6.97. The molecule has 0 radical (unpaired) electrons. The van der Waals surface area contributed by atoms with Crippen LogP contribution < -0.4 is 11.1 Å². The van der Waals surface area contributed by atoms with Crippen LogP contribution >= 0.6 is 24.0 Å². The third-order valence-corrected chi connectivity index (χ3v) is 4.70. The van der Waals surface area contributed by atoms with Crippen molar-refractivity contribution < 1.29 is 19.2 Å². The van der Waals surface area contributed by atoms with E-state index in [1.165, 1.54) is 11.8 Å². The van der Waals surface area contributed by atoms with Gasteiger partial charge in [0.1, 0.15) is 5.41 Å². The van der Waals surface area contributed by atoms with Gasteiger partial charge >= 0.3 is 6.09 Å². The molecule has 2 atom stereocenters. The highest BCUT2D eigenvalue weighted by Gasteiger charge is 2.56. The second-order valence-electron chi connectivity index (χ2n) is 5.17. The van der Waals surface area contributed by atoms with Gasteiger partial charge in [0.2, 0.25) is 11.0 Å². The Morgan fingerprint density at radius 2 is 2.18 bits per heavy atom. The summed E-state index contributed by atoms with van der Waals surface area (Å²) in [6, 6.07) is 0. The summed E-state index contributed by atoms with van der Waals surface area (Å²) in [6.07, 6.45) is 2.58. The number of thiocarbonyl (C=S) groups is 1. The molecule has 1 aliphatic rings. The van der Waals surface area contributed by atoms with E-state index in [1.807, 2.05) is 20.1 Å². The van der Waals surface area contributed by atoms with Crippen LogP contribution in [0.25, 0.3) is 0 Å². The van der Waals surface area contributed by atoms with E-state index in [2.05, 4.69) is 10.2 Å². The number of primary amides is 1. The zero-order valence-electron chi connectivity index (χ0n) is 12.9. The number of hydrogen-bond donors (Lipinski definition) is 2. The van der Waals surface area contributed by atoms with Crippen molar-refractivity contribution in [2.75, 3.05) is 12.0 Å². The highest BCUT2D eigenvalue weighted by atomic mass is 32.2. The van der Waals surface area contributed by atoms with E-state index in [-0.39, 0.29) is 11.0 Å². The van der Waals surface area contributed by atoms with Gasteiger partial charge in [-0.25, -0.2) is 4.79 Å². The average molecular weight is 347 g/mol. The van der Waals surface area contributed by atoms with Gasteiger partial charge in [-0.05, 0) is 43.0 Å². The first kappa shape index (κ1) is 18.7. The topological polar surface area (TPSA) is 102 Å². The number of nitrogens with zero attached hydrogens (tertiary/aromatic N) is 1. The monoisotopic (exact) mass is 347 g/mol. The largest absolute Gasteiger partial charge is 0.429 e. The van der Waals surface area contributed by atoms with E-state index in [1.54, 1.807) is 0 Å². The maximum atomic E-state index is 12.9. The van der Waals surface area contributed by atoms with Crippen LogP contribution in [0.2, 0.25) is 0 Å². The minimum atomic E-state index is -1.31. The van der Waals surface area contributed by atoms with Crippen LogP contribution in [0.5, 0.6) is 0 Å². The molecule has 124 valence electrons. The van der Waals surface area contributed by atoms with Crippen LogP contribution in [-0.2, 0) is 14.4 Å². The summed E-state index contributed by atoms with van der Waals surface area (Å²) < 4.78 is 0. The van der Waals surface area contributed by atoms with Gasteiger partial charge in [0.05, 0.1) is 0 Å². The lowest BCUT2D eigenvalue weighted by molar-refractivity contribution is -0.173. The first-order valence-corrected chi connectivity index (χ1v) is 8.77. The van der Waals surface area contributed by atoms with E-state index in [0.717, 1.165) is 6.42 Å². The van der Waals surface area contributed by atoms with Crippen LogP contribution in [0.15, 0.2) is 0 Å². The van der Waals surface area contributed by atoms with Crippen molar-refractivity contribution in [2.24, 2.45) is 17.1 Å². The molecule has 3 N–H and O–H groups in total. The summed E-state index contributed by atoms with van der Waals surface area (Å²) in [5.74, 6) is -0.680. The summed E-state index contributed by atoms with van der Waals surface area (Å²) in [4.78, 5) is 41.1. The predicted molar refractivity (Wildman–Crippen MR) is 87.8 cm³/mol. The Hall–Kier alpha value is -1.35. The van der Waals surface area contributed by atoms with E-state index >= 15 is 0 Å². The fourth-order valence-electron chi connectivity index (χ4n) is 2.65. The number of hydrogen-bond acceptors (Lipinski definition) is 6. The molecule has 0 aromatic heterocycles. The van der Waals surface area contributed by atoms with Gasteiger partial charge < -0.3 is 10.6 Å². The quantitative estimate of drug-likeness (QED) is 0.533. The highest BCUT2D eigenvalue weighted by molar-refractivity contribution is 7.98. The second kappa shape index (κ2) is 7.77. The Balaban J connectivity index is 3.24. The van der Waals surface area contributed by atoms with E-state index in [4.69, 9.17) is 18.0 Å². The molecule has 22 heavy (non-hydrogen) atoms. The SMILES string of the molecule is CCCC(C)C1(CCSC)C(=O)NC(=S)N(OC(N)=O)C1=O. The van der Waals surface area contributed by atoms with Crippen LogP contribution in [0, 0.1) is 11.3 Å². The van der Waals surface area contributed by atoms with E-state index in [0.29, 0.717) is 23.7 Å². The van der Waals surface area contributed by atoms with Crippen LogP contribution in [-0.4, -0.2) is 40.1 Å². The van der Waals surface area contributed by atoms with Crippen molar-refractivity contribution in [2.45, 2.75) is 33.1 Å². The van der Waals surface area contributed by atoms with Crippen LogP contribution in [0.4, 0.5) is 4.79 Å². The number of amides is 3. The molecule has 3 amide bonds. The van der Waals surface area contributed by atoms with Gasteiger partial charge in [-0.3, -0.25) is 14.9 Å². The molecule has 1 heterocycles. The second-order valence-corrected chi connectivity index (χ2v) is 6.55. The van der Waals surface area contributed by atoms with E-state index < -0.39 is 23.3 Å². The summed E-state index contributed by atoms with van der Waals surface area (Å²) in [5, 5.41) is 2.82. The fraction of sp³-hybridized carbons (Fsp3) is 0.692. The van der Waals surface area contributed by atoms with Crippen molar-refractivity contribution in [1.29, 1.82) is 0 Å². The normalized spacial score (nSPS) is 23.2. The zero-order valence-corrected chi connectivity index (χ0v) is 14.5. The lowest BCUT2D eigenvalue weighted by Crippen LogP contribution is -2.66. The molecule has 1 rings (SSSR count). The summed E-state index contributed by atoms with van der Waals surface area (Å²) in [5.41, 5.74) is 3.67. The molecule has 1 saturated heterocycles. The maximum Gasteiger partial charge on any atom is 0.429 e. The van der Waals surface area contributed by atoms with Gasteiger partial charge in [-0.2, -0.15) is 11.8 Å². The molecule has 0 aromatic rings. The Bertz CT molecular complexity index is 486. The molecule has 7 nitrogen and oxygen atoms in total. The molecule has 1 fully saturated rings. The molecular weight excluding hydrogens is 326 g/mol. The molecular formula is C13H21N3O4S2. The third kappa shape index (κ3) is 3.52. The minimum absolute atomic E-state index is 0.223. The lowest BCUT2D eigenvalue weighted by atomic mass is 9.69. The number of nitrogens with one attached hydrogen (secondary N) is 1. The number of nitrogens with two attached hydrogens (primary N) is 1. The number of hydroxylamine groups is 2. The molecule has 0 spiro atoms. The van der Waals surface area contributed by atoms with Gasteiger partial charge in [-0.15, -0.1) is 5.06 Å². The first-order chi connectivity index (χ1) is 10.3. The Morgan fingerprint density at radius 1 is 1.55 bits per heavy atom. The van der Waals surface area contributed by atoms with Crippen molar-refractivity contribution in [3.05, 3.63) is 0 Å². The molecule has 0 aromatic carbocycles. The van der Waals surface area contributed by atoms with Crippen molar-refractivity contribution in [1.82, 2.24) is 10.4 Å². The standard InChI is InChI=1S/C13H21N3O4S2/c1-4-5-8(2)13(6-7-22-3)9(17)15-12(21)16(10(13)18)20-11(14)19/h8H,4-7H2,1-3H3,(H2,14,19)(H,15,17,21). The fourth-order valence-corrected chi connectivity index (χ4v) is 3.39. The van der Waals surface area contributed by atoms with E-state index in [9.17, 15) is 14.4 Å². The number of rotatable bonds is 7. The number of carbonyl (C=O) groups excluding carboxylic acids is 3. The molecule has 0 bridgehead atoms. The Morgan fingerprint density at radius 3 is 2.68 bits per heavy atom. The highest BCUT2D eigenvalue weighted by Crippen LogP contribution is 2.40. The molecule has 9 heteroatoms. The van der Waals surface area contributed by atoms with Crippen LogP contribution in [0.3, 0.4) is 0 Å². The zero-order chi connectivity index (χ0) is 16.9. The van der Waals surface area contributed by atoms with Gasteiger partial charge in [0.25, 0.3) is 5.91 Å². The minimum Gasteiger partial charge on any atom is -0.333 e. The average Bonchev–Trinajstić information content (AvgIpc) is 2.43. The molecule has 0 aliphatic carbocycles. The van der Waals surface area contributed by atoms with Crippen LogP contribution in [0.1, 0.15) is 33.1 Å². The lowest BCUT2D eigenvalue weighted by Gasteiger charge is -2.42. The van der Waals surface area contributed by atoms with Crippen molar-refractivity contribution in [3.63, 3.8) is 0 Å². The number of carbonyl (C=O) groups is 3. The number of thioether (sulfide) groups is 1. The molecule has 1 aliphatic heterocycles.